The summed E-state index contributed by atoms with van der Waals surface area (Å²) >= 11 is 8.43. The fraction of sp³-hybridized carbons (Fsp3) is 0.571. The fourth-order valence-corrected chi connectivity index (χ4v) is 6.33. The predicted molar refractivity (Wildman–Crippen MR) is 178 cm³/mol. The Kier molecular flexibility index (Phi) is 15.6. The van der Waals surface area contributed by atoms with E-state index in [4.69, 9.17) is 16.3 Å². The van der Waals surface area contributed by atoms with Crippen molar-refractivity contribution in [2.45, 2.75) is 111 Å². The molecule has 0 saturated heterocycles. The number of carbonyl (C=O) groups is 1. The highest BCUT2D eigenvalue weighted by Gasteiger charge is 2.15. The van der Waals surface area contributed by atoms with Crippen LogP contribution in [0.4, 0.5) is 5.69 Å². The summed E-state index contributed by atoms with van der Waals surface area (Å²) in [6.45, 7) is 8.21. The van der Waals surface area contributed by atoms with Crippen LogP contribution in [0.15, 0.2) is 53.6 Å². The van der Waals surface area contributed by atoms with Crippen LogP contribution in [0.2, 0.25) is 5.02 Å². The van der Waals surface area contributed by atoms with Crippen molar-refractivity contribution in [3.8, 4) is 5.75 Å². The number of carbonyl (C=O) groups excluding carboxylic acids is 1. The van der Waals surface area contributed by atoms with Crippen LogP contribution in [-0.2, 0) is 17.8 Å². The largest absolute Gasteiger partial charge is 0.492 e. The Morgan fingerprint density at radius 3 is 2.22 bits per heavy atom. The van der Waals surface area contributed by atoms with Crippen molar-refractivity contribution in [1.29, 1.82) is 0 Å². The van der Waals surface area contributed by atoms with Gasteiger partial charge in [0.15, 0.2) is 0 Å². The number of benzene rings is 2. The highest BCUT2D eigenvalue weighted by Crippen LogP contribution is 2.28. The molecule has 6 heteroatoms. The topological polar surface area (TPSA) is 32.8 Å². The van der Waals surface area contributed by atoms with Crippen molar-refractivity contribution >= 4 is 35.0 Å². The molecular formula is C35H51ClN2O2S. The van der Waals surface area contributed by atoms with Gasteiger partial charge >= 0.3 is 0 Å². The van der Waals surface area contributed by atoms with E-state index in [0.29, 0.717) is 18.2 Å². The maximum atomic E-state index is 12.5. The van der Waals surface area contributed by atoms with Gasteiger partial charge in [-0.25, -0.2) is 0 Å². The lowest BCUT2D eigenvalue weighted by molar-refractivity contribution is -0.116. The van der Waals surface area contributed by atoms with E-state index in [1.165, 1.54) is 81.1 Å². The number of rotatable bonds is 20. The molecular weight excluding hydrogens is 548 g/mol. The Morgan fingerprint density at radius 2 is 1.61 bits per heavy atom. The van der Waals surface area contributed by atoms with E-state index in [1.54, 1.807) is 6.92 Å². The zero-order valence-electron chi connectivity index (χ0n) is 25.6. The molecule has 0 fully saturated rings. The molecule has 0 N–H and O–H groups in total. The van der Waals surface area contributed by atoms with Gasteiger partial charge in [-0.15, -0.1) is 11.8 Å². The van der Waals surface area contributed by atoms with Crippen LogP contribution < -0.4 is 9.64 Å². The van der Waals surface area contributed by atoms with Crippen LogP contribution >= 0.6 is 23.4 Å². The van der Waals surface area contributed by atoms with Gasteiger partial charge in [0.05, 0.1) is 17.5 Å². The number of amides is 1. The molecule has 226 valence electrons. The molecule has 41 heavy (non-hydrogen) atoms. The molecule has 1 amide bonds. The molecule has 4 nitrogen and oxygen atoms in total. The van der Waals surface area contributed by atoms with Crippen molar-refractivity contribution in [3.05, 3.63) is 69.7 Å². The molecule has 0 atom stereocenters. The van der Waals surface area contributed by atoms with Crippen molar-refractivity contribution in [2.24, 2.45) is 0 Å². The lowest BCUT2D eigenvalue weighted by Crippen LogP contribution is -2.30. The van der Waals surface area contributed by atoms with Crippen LogP contribution in [0.5, 0.6) is 5.75 Å². The first-order valence-corrected chi connectivity index (χ1v) is 17.2. The smallest absolute Gasteiger partial charge is 0.223 e. The van der Waals surface area contributed by atoms with Crippen molar-refractivity contribution in [1.82, 2.24) is 4.90 Å². The number of anilines is 1. The SMILES string of the molecule is CCCCCCCCCCCCCCOc1ccc(CCN(C(C)=O)c2cccc(CN3C=C(C)SC3)c2)cc1Cl. The zero-order valence-corrected chi connectivity index (χ0v) is 27.2. The van der Waals surface area contributed by atoms with E-state index < -0.39 is 0 Å². The predicted octanol–water partition coefficient (Wildman–Crippen LogP) is 10.4. The Morgan fingerprint density at radius 1 is 0.927 bits per heavy atom. The van der Waals surface area contributed by atoms with E-state index in [2.05, 4.69) is 43.1 Å². The Bertz CT molecular complexity index is 1090. The van der Waals surface area contributed by atoms with Gasteiger partial charge in [-0.1, -0.05) is 107 Å². The van der Waals surface area contributed by atoms with Crippen LogP contribution in [0.1, 0.15) is 109 Å². The summed E-state index contributed by atoms with van der Waals surface area (Å²) in [6.07, 6.45) is 18.9. The molecule has 0 radical (unpaired) electrons. The second-order valence-corrected chi connectivity index (χ2v) is 13.0. The normalized spacial score (nSPS) is 13.0. The van der Waals surface area contributed by atoms with Crippen molar-refractivity contribution < 1.29 is 9.53 Å². The third-order valence-corrected chi connectivity index (χ3v) is 9.00. The minimum Gasteiger partial charge on any atom is -0.492 e. The molecule has 0 aliphatic carbocycles. The van der Waals surface area contributed by atoms with Gasteiger partial charge in [0, 0.05) is 31.9 Å². The van der Waals surface area contributed by atoms with Gasteiger partial charge in [-0.3, -0.25) is 4.79 Å². The monoisotopic (exact) mass is 598 g/mol. The average molecular weight is 599 g/mol. The number of ether oxygens (including phenoxy) is 1. The summed E-state index contributed by atoms with van der Waals surface area (Å²) < 4.78 is 5.99. The Hall–Kier alpha value is -2.11. The van der Waals surface area contributed by atoms with Crippen LogP contribution in [0, 0.1) is 0 Å². The molecule has 2 aromatic rings. The van der Waals surface area contributed by atoms with Gasteiger partial charge in [0.2, 0.25) is 5.91 Å². The summed E-state index contributed by atoms with van der Waals surface area (Å²) in [7, 11) is 0. The first-order valence-electron chi connectivity index (χ1n) is 15.8. The number of allylic oxidation sites excluding steroid dienone is 1. The lowest BCUT2D eigenvalue weighted by Gasteiger charge is -2.23. The fourth-order valence-electron chi connectivity index (χ4n) is 5.32. The molecule has 1 aliphatic rings. The molecule has 1 heterocycles. The minimum atomic E-state index is 0.0445. The molecule has 0 saturated carbocycles. The van der Waals surface area contributed by atoms with Crippen molar-refractivity contribution in [3.63, 3.8) is 0 Å². The van der Waals surface area contributed by atoms with Gasteiger partial charge < -0.3 is 14.5 Å². The van der Waals surface area contributed by atoms with Crippen molar-refractivity contribution in [2.75, 3.05) is 23.9 Å². The first kappa shape index (κ1) is 33.4. The summed E-state index contributed by atoms with van der Waals surface area (Å²) in [5.74, 6) is 1.77. The lowest BCUT2D eigenvalue weighted by atomic mass is 10.1. The zero-order chi connectivity index (χ0) is 29.3. The maximum absolute atomic E-state index is 12.5. The number of nitrogens with zero attached hydrogens (tertiary/aromatic N) is 2. The van der Waals surface area contributed by atoms with Crippen LogP contribution in [0.25, 0.3) is 0 Å². The standard InChI is InChI=1S/C35H51ClN2O2S/c1-4-5-6-7-8-9-10-11-12-13-14-15-23-40-35-20-19-31(25-34(35)36)21-22-38(30(3)39)33-18-16-17-32(24-33)27-37-26-29(2)41-28-37/h16-20,24-26H,4-15,21-23,27-28H2,1-3H3. The van der Waals surface area contributed by atoms with E-state index in [1.807, 2.05) is 40.9 Å². The quantitative estimate of drug-likeness (QED) is 0.142. The summed E-state index contributed by atoms with van der Waals surface area (Å²) in [5, 5.41) is 0.643. The second kappa shape index (κ2) is 19.2. The van der Waals surface area contributed by atoms with Gasteiger partial charge in [0.25, 0.3) is 0 Å². The van der Waals surface area contributed by atoms with E-state index in [9.17, 15) is 4.79 Å². The molecule has 1 aliphatic heterocycles. The average Bonchev–Trinajstić information content (AvgIpc) is 3.36. The highest BCUT2D eigenvalue weighted by atomic mass is 35.5. The number of unbranched alkanes of at least 4 members (excludes halogenated alkanes) is 11. The third-order valence-electron chi connectivity index (χ3n) is 7.69. The molecule has 3 rings (SSSR count). The van der Waals surface area contributed by atoms with Gasteiger partial charge in [-0.2, -0.15) is 0 Å². The molecule has 0 bridgehead atoms. The summed E-state index contributed by atoms with van der Waals surface area (Å²) in [6, 6.07) is 14.3. The van der Waals surface area contributed by atoms with Crippen LogP contribution in [-0.4, -0.2) is 29.8 Å². The number of hydrogen-bond acceptors (Lipinski definition) is 4. The maximum Gasteiger partial charge on any atom is 0.223 e. The van der Waals surface area contributed by atoms with E-state index in [0.717, 1.165) is 42.3 Å². The molecule has 0 aromatic heterocycles. The van der Waals surface area contributed by atoms with Crippen LogP contribution in [0.3, 0.4) is 0 Å². The Labute approximate surface area is 258 Å². The number of halogens is 1. The highest BCUT2D eigenvalue weighted by molar-refractivity contribution is 8.03. The number of hydrogen-bond donors (Lipinski definition) is 0. The first-order chi connectivity index (χ1) is 20.0. The van der Waals surface area contributed by atoms with Gasteiger partial charge in [0.1, 0.15) is 5.75 Å². The molecule has 0 spiro atoms. The van der Waals surface area contributed by atoms with Gasteiger partial charge in [-0.05, 0) is 60.1 Å². The molecule has 2 aromatic carbocycles. The molecule has 0 unspecified atom stereocenters. The third kappa shape index (κ3) is 12.7. The number of thioether (sulfide) groups is 1. The Balaban J connectivity index is 1.35. The van der Waals surface area contributed by atoms with E-state index >= 15 is 0 Å². The second-order valence-electron chi connectivity index (χ2n) is 11.4. The summed E-state index contributed by atoms with van der Waals surface area (Å²) in [5.41, 5.74) is 3.25. The minimum absolute atomic E-state index is 0.0445. The summed E-state index contributed by atoms with van der Waals surface area (Å²) in [4.78, 5) is 18.0. The van der Waals surface area contributed by atoms with E-state index in [-0.39, 0.29) is 5.91 Å².